The lowest BCUT2D eigenvalue weighted by atomic mass is 10.1. The van der Waals surface area contributed by atoms with Crippen LogP contribution in [0.15, 0.2) is 35.1 Å². The molecule has 1 fully saturated rings. The number of hydrogen-bond acceptors (Lipinski definition) is 4. The molecule has 0 aliphatic carbocycles. The second-order valence-corrected chi connectivity index (χ2v) is 7.26. The van der Waals surface area contributed by atoms with Crippen LogP contribution in [0.25, 0.3) is 10.8 Å². The molecule has 0 spiro atoms. The third-order valence-corrected chi connectivity index (χ3v) is 5.13. The Morgan fingerprint density at radius 3 is 2.95 bits per heavy atom. The van der Waals surface area contributed by atoms with Crippen molar-refractivity contribution in [3.05, 3.63) is 35.1 Å². The van der Waals surface area contributed by atoms with Crippen molar-refractivity contribution < 1.29 is 9.59 Å². The van der Waals surface area contributed by atoms with Gasteiger partial charge in [-0.05, 0) is 18.2 Å². The largest absolute Gasteiger partial charge is 0.311 e. The van der Waals surface area contributed by atoms with E-state index in [0.717, 1.165) is 20.9 Å². The van der Waals surface area contributed by atoms with Crippen molar-refractivity contribution in [3.8, 4) is 0 Å². The molecular formula is C15H13BrN2O2S. The number of halogens is 1. The van der Waals surface area contributed by atoms with Crippen molar-refractivity contribution in [1.82, 2.24) is 4.98 Å². The topological polar surface area (TPSA) is 50.3 Å². The Hall–Kier alpha value is -1.40. The molecule has 0 radical (unpaired) electrons. The number of carbonyl (C=O) groups excluding carboxylic acids is 2. The van der Waals surface area contributed by atoms with Crippen LogP contribution in [0.2, 0.25) is 0 Å². The number of anilines is 1. The standard InChI is InChI=1S/C15H13BrN2O2S/c1-9(19)21-10-6-15(20)18(8-10)14-3-2-13(16)11-4-5-17-7-12(11)14/h2-5,7,10H,6,8H2,1H3. The first-order valence-electron chi connectivity index (χ1n) is 6.56. The molecule has 0 bridgehead atoms. The van der Waals surface area contributed by atoms with Crippen molar-refractivity contribution in [1.29, 1.82) is 0 Å². The molecule has 1 amide bonds. The summed E-state index contributed by atoms with van der Waals surface area (Å²) >= 11 is 4.77. The van der Waals surface area contributed by atoms with Crippen LogP contribution in [0.4, 0.5) is 5.69 Å². The number of pyridine rings is 1. The van der Waals surface area contributed by atoms with E-state index in [2.05, 4.69) is 20.9 Å². The lowest BCUT2D eigenvalue weighted by Gasteiger charge is -2.19. The fraction of sp³-hybridized carbons (Fsp3) is 0.267. The summed E-state index contributed by atoms with van der Waals surface area (Å²) in [4.78, 5) is 29.4. The van der Waals surface area contributed by atoms with Gasteiger partial charge >= 0.3 is 0 Å². The van der Waals surface area contributed by atoms with Crippen LogP contribution in [-0.2, 0) is 9.59 Å². The van der Waals surface area contributed by atoms with Crippen molar-refractivity contribution in [3.63, 3.8) is 0 Å². The third kappa shape index (κ3) is 2.82. The van der Waals surface area contributed by atoms with Gasteiger partial charge in [-0.3, -0.25) is 14.6 Å². The van der Waals surface area contributed by atoms with E-state index in [-0.39, 0.29) is 16.3 Å². The van der Waals surface area contributed by atoms with Gasteiger partial charge in [-0.2, -0.15) is 0 Å². The van der Waals surface area contributed by atoms with Crippen molar-refractivity contribution in [2.24, 2.45) is 0 Å². The maximum Gasteiger partial charge on any atom is 0.228 e. The second kappa shape index (κ2) is 5.77. The van der Waals surface area contributed by atoms with Crippen LogP contribution in [-0.4, -0.2) is 27.8 Å². The van der Waals surface area contributed by atoms with E-state index < -0.39 is 0 Å². The smallest absolute Gasteiger partial charge is 0.228 e. The van der Waals surface area contributed by atoms with Gasteiger partial charge in [-0.25, -0.2) is 0 Å². The Balaban J connectivity index is 2.00. The first-order valence-corrected chi connectivity index (χ1v) is 8.23. The first kappa shape index (κ1) is 14.5. The summed E-state index contributed by atoms with van der Waals surface area (Å²) in [5.41, 5.74) is 0.859. The summed E-state index contributed by atoms with van der Waals surface area (Å²) in [7, 11) is 0. The summed E-state index contributed by atoms with van der Waals surface area (Å²) in [5.74, 6) is 0.0567. The number of rotatable bonds is 2. The van der Waals surface area contributed by atoms with Crippen LogP contribution >= 0.6 is 27.7 Å². The van der Waals surface area contributed by atoms with Crippen molar-refractivity contribution in [2.45, 2.75) is 18.6 Å². The van der Waals surface area contributed by atoms with Crippen molar-refractivity contribution in [2.75, 3.05) is 11.4 Å². The number of carbonyl (C=O) groups is 2. The highest BCUT2D eigenvalue weighted by Crippen LogP contribution is 2.35. The Labute approximate surface area is 135 Å². The summed E-state index contributed by atoms with van der Waals surface area (Å²) < 4.78 is 0.977. The minimum absolute atomic E-state index is 0.0327. The average Bonchev–Trinajstić information content (AvgIpc) is 2.79. The molecule has 3 rings (SSSR count). The number of aromatic nitrogens is 1. The van der Waals surface area contributed by atoms with Gasteiger partial charge in [0, 0.05) is 52.8 Å². The minimum atomic E-state index is 0.0327. The molecule has 1 atom stereocenters. The first-order chi connectivity index (χ1) is 10.1. The number of benzene rings is 1. The molecule has 21 heavy (non-hydrogen) atoms. The molecule has 108 valence electrons. The molecule has 1 aliphatic rings. The normalized spacial score (nSPS) is 18.5. The Morgan fingerprint density at radius 1 is 1.38 bits per heavy atom. The molecule has 1 aromatic carbocycles. The Kier molecular flexibility index (Phi) is 3.99. The third-order valence-electron chi connectivity index (χ3n) is 3.45. The fourth-order valence-electron chi connectivity index (χ4n) is 2.60. The highest BCUT2D eigenvalue weighted by molar-refractivity contribution is 9.10. The van der Waals surface area contributed by atoms with Crippen LogP contribution in [0.3, 0.4) is 0 Å². The molecule has 4 nitrogen and oxygen atoms in total. The molecule has 0 saturated carbocycles. The monoisotopic (exact) mass is 364 g/mol. The fourth-order valence-corrected chi connectivity index (χ4v) is 3.99. The van der Waals surface area contributed by atoms with Gasteiger partial charge in [0.25, 0.3) is 0 Å². The zero-order chi connectivity index (χ0) is 15.0. The molecule has 1 aliphatic heterocycles. The van der Waals surface area contributed by atoms with Crippen LogP contribution < -0.4 is 4.90 Å². The Morgan fingerprint density at radius 2 is 2.19 bits per heavy atom. The number of thioether (sulfide) groups is 1. The highest BCUT2D eigenvalue weighted by atomic mass is 79.9. The number of fused-ring (bicyclic) bond motifs is 1. The van der Waals surface area contributed by atoms with Crippen LogP contribution in [0.1, 0.15) is 13.3 Å². The Bertz CT molecular complexity index is 735. The SMILES string of the molecule is CC(=O)SC1CC(=O)N(c2ccc(Br)c3ccncc23)C1. The van der Waals surface area contributed by atoms with Gasteiger partial charge in [-0.1, -0.05) is 27.7 Å². The molecule has 1 saturated heterocycles. The van der Waals surface area contributed by atoms with E-state index >= 15 is 0 Å². The van der Waals surface area contributed by atoms with Crippen LogP contribution in [0, 0.1) is 0 Å². The van der Waals surface area contributed by atoms with Crippen LogP contribution in [0.5, 0.6) is 0 Å². The summed E-state index contributed by atoms with van der Waals surface area (Å²) in [6.45, 7) is 2.10. The summed E-state index contributed by atoms with van der Waals surface area (Å²) in [6, 6.07) is 5.79. The maximum atomic E-state index is 12.3. The van der Waals surface area contributed by atoms with E-state index in [1.807, 2.05) is 18.2 Å². The summed E-state index contributed by atoms with van der Waals surface area (Å²) in [5, 5.41) is 2.05. The number of hydrogen-bond donors (Lipinski definition) is 0. The molecule has 1 unspecified atom stereocenters. The maximum absolute atomic E-state index is 12.3. The molecular weight excluding hydrogens is 352 g/mol. The van der Waals surface area contributed by atoms with Gasteiger partial charge in [-0.15, -0.1) is 0 Å². The van der Waals surface area contributed by atoms with E-state index in [4.69, 9.17) is 0 Å². The number of amides is 1. The number of nitrogens with zero attached hydrogens (tertiary/aromatic N) is 2. The highest BCUT2D eigenvalue weighted by Gasteiger charge is 2.32. The molecule has 0 N–H and O–H groups in total. The molecule has 2 heterocycles. The lowest BCUT2D eigenvalue weighted by molar-refractivity contribution is -0.117. The van der Waals surface area contributed by atoms with Gasteiger partial charge in [0.1, 0.15) is 0 Å². The molecule has 1 aromatic heterocycles. The van der Waals surface area contributed by atoms with Gasteiger partial charge < -0.3 is 4.90 Å². The predicted octanol–water partition coefficient (Wildman–Crippen LogP) is 3.38. The van der Waals surface area contributed by atoms with E-state index in [0.29, 0.717) is 13.0 Å². The van der Waals surface area contributed by atoms with E-state index in [1.165, 1.54) is 18.7 Å². The zero-order valence-corrected chi connectivity index (χ0v) is 13.8. The quantitative estimate of drug-likeness (QED) is 0.819. The lowest BCUT2D eigenvalue weighted by Crippen LogP contribution is -2.25. The van der Waals surface area contributed by atoms with E-state index in [1.54, 1.807) is 17.3 Å². The summed E-state index contributed by atoms with van der Waals surface area (Å²) in [6.07, 6.45) is 3.91. The minimum Gasteiger partial charge on any atom is -0.311 e. The van der Waals surface area contributed by atoms with Crippen molar-refractivity contribution >= 4 is 55.2 Å². The molecule has 6 heteroatoms. The van der Waals surface area contributed by atoms with Gasteiger partial charge in [0.05, 0.1) is 5.69 Å². The van der Waals surface area contributed by atoms with E-state index in [9.17, 15) is 9.59 Å². The van der Waals surface area contributed by atoms with Gasteiger partial charge in [0.15, 0.2) is 5.12 Å². The zero-order valence-electron chi connectivity index (χ0n) is 11.4. The second-order valence-electron chi connectivity index (χ2n) is 4.93. The molecule has 2 aromatic rings. The van der Waals surface area contributed by atoms with Gasteiger partial charge in [0.2, 0.25) is 5.91 Å². The predicted molar refractivity (Wildman–Crippen MR) is 88.5 cm³/mol. The average molecular weight is 365 g/mol.